The quantitative estimate of drug-likeness (QED) is 0.848. The third kappa shape index (κ3) is 5.65. The van der Waals surface area contributed by atoms with Gasteiger partial charge in [0.05, 0.1) is 0 Å². The van der Waals surface area contributed by atoms with Gasteiger partial charge in [-0.15, -0.1) is 0 Å². The Labute approximate surface area is 162 Å². The molecule has 1 aliphatic heterocycles. The van der Waals surface area contributed by atoms with Crippen molar-refractivity contribution in [3.8, 4) is 11.1 Å². The van der Waals surface area contributed by atoms with Gasteiger partial charge in [0.25, 0.3) is 0 Å². The highest BCUT2D eigenvalue weighted by Crippen LogP contribution is 2.23. The first-order valence-electron chi connectivity index (χ1n) is 9.72. The molecule has 4 heteroatoms. The molecule has 144 valence electrons. The van der Waals surface area contributed by atoms with Crippen LogP contribution in [0, 0.1) is 13.8 Å². The van der Waals surface area contributed by atoms with Crippen molar-refractivity contribution in [2.45, 2.75) is 39.3 Å². The van der Waals surface area contributed by atoms with Gasteiger partial charge in [0.1, 0.15) is 6.61 Å². The highest BCUT2D eigenvalue weighted by Gasteiger charge is 2.21. The summed E-state index contributed by atoms with van der Waals surface area (Å²) in [6, 6.07) is 15.8. The molecule has 27 heavy (non-hydrogen) atoms. The maximum absolute atomic E-state index is 11.7. The van der Waals surface area contributed by atoms with Crippen LogP contribution < -0.4 is 5.32 Å². The number of hydrogen-bond acceptors (Lipinski definition) is 3. The average molecular weight is 367 g/mol. The molecule has 4 nitrogen and oxygen atoms in total. The van der Waals surface area contributed by atoms with Crippen molar-refractivity contribution in [3.05, 3.63) is 59.2 Å². The van der Waals surface area contributed by atoms with Crippen LogP contribution in [0.5, 0.6) is 0 Å². The van der Waals surface area contributed by atoms with E-state index in [1.54, 1.807) is 7.11 Å². The molecule has 0 spiro atoms. The predicted octanol–water partition coefficient (Wildman–Crippen LogP) is 3.70. The normalized spacial score (nSPS) is 17.7. The number of hydrogen-bond donors (Lipinski definition) is 1. The zero-order valence-electron chi connectivity index (χ0n) is 16.6. The Kier molecular flexibility index (Phi) is 6.64. The Morgan fingerprint density at radius 3 is 2.48 bits per heavy atom. The van der Waals surface area contributed by atoms with Crippen LogP contribution in [0.2, 0.25) is 0 Å². The number of likely N-dealkylation sites (tertiary alicyclic amines) is 1. The molecular weight excluding hydrogens is 336 g/mol. The van der Waals surface area contributed by atoms with Gasteiger partial charge in [-0.2, -0.15) is 0 Å². The minimum atomic E-state index is -0.0258. The first-order chi connectivity index (χ1) is 13.0. The summed E-state index contributed by atoms with van der Waals surface area (Å²) in [4.78, 5) is 14.2. The summed E-state index contributed by atoms with van der Waals surface area (Å²) in [5, 5.41) is 3.07. The standard InChI is InChI=1S/C23H30N2O2/c1-17-11-18(2)13-21(12-17)20-8-6-19(7-9-20)14-25-10-4-5-22(15-25)24-23(26)16-27-3/h6-9,11-13,22H,4-5,10,14-16H2,1-3H3,(H,24,26). The molecule has 1 N–H and O–H groups in total. The van der Waals surface area contributed by atoms with Crippen LogP contribution in [0.4, 0.5) is 0 Å². The van der Waals surface area contributed by atoms with Crippen molar-refractivity contribution < 1.29 is 9.53 Å². The molecule has 2 aromatic rings. The fourth-order valence-electron chi connectivity index (χ4n) is 3.92. The molecule has 0 aromatic heterocycles. The number of carbonyl (C=O) groups excluding carboxylic acids is 1. The lowest BCUT2D eigenvalue weighted by Crippen LogP contribution is -2.48. The number of ether oxygens (including phenoxy) is 1. The smallest absolute Gasteiger partial charge is 0.246 e. The molecule has 0 aliphatic carbocycles. The van der Waals surface area contributed by atoms with E-state index in [-0.39, 0.29) is 18.6 Å². The molecule has 1 amide bonds. The lowest BCUT2D eigenvalue weighted by molar-refractivity contribution is -0.125. The second-order valence-corrected chi connectivity index (χ2v) is 7.65. The van der Waals surface area contributed by atoms with E-state index in [9.17, 15) is 4.79 Å². The molecule has 1 unspecified atom stereocenters. The van der Waals surface area contributed by atoms with Crippen molar-refractivity contribution in [3.63, 3.8) is 0 Å². The monoisotopic (exact) mass is 366 g/mol. The molecular formula is C23H30N2O2. The first-order valence-corrected chi connectivity index (χ1v) is 9.72. The van der Waals surface area contributed by atoms with Gasteiger partial charge in [0.15, 0.2) is 0 Å². The van der Waals surface area contributed by atoms with Crippen molar-refractivity contribution in [1.82, 2.24) is 10.2 Å². The number of aryl methyl sites for hydroxylation is 2. The zero-order chi connectivity index (χ0) is 19.2. The summed E-state index contributed by atoms with van der Waals surface area (Å²) < 4.78 is 4.90. The molecule has 3 rings (SSSR count). The van der Waals surface area contributed by atoms with Gasteiger partial charge in [0, 0.05) is 26.2 Å². The SMILES string of the molecule is COCC(=O)NC1CCCN(Cc2ccc(-c3cc(C)cc(C)c3)cc2)C1. The fraction of sp³-hybridized carbons (Fsp3) is 0.435. The van der Waals surface area contributed by atoms with E-state index in [0.717, 1.165) is 32.5 Å². The molecule has 1 heterocycles. The Hall–Kier alpha value is -2.17. The molecule has 2 aromatic carbocycles. The Balaban J connectivity index is 1.60. The summed E-state index contributed by atoms with van der Waals surface area (Å²) in [6.45, 7) is 7.32. The van der Waals surface area contributed by atoms with Gasteiger partial charge >= 0.3 is 0 Å². The maximum atomic E-state index is 11.7. The number of piperidine rings is 1. The van der Waals surface area contributed by atoms with Crippen molar-refractivity contribution in [1.29, 1.82) is 0 Å². The summed E-state index contributed by atoms with van der Waals surface area (Å²) in [5.41, 5.74) is 6.44. The summed E-state index contributed by atoms with van der Waals surface area (Å²) >= 11 is 0. The molecule has 1 atom stereocenters. The van der Waals surface area contributed by atoms with E-state index in [0.29, 0.717) is 0 Å². The van der Waals surface area contributed by atoms with Crippen LogP contribution in [-0.4, -0.2) is 43.7 Å². The van der Waals surface area contributed by atoms with E-state index in [4.69, 9.17) is 4.74 Å². The third-order valence-electron chi connectivity index (χ3n) is 5.06. The second-order valence-electron chi connectivity index (χ2n) is 7.65. The van der Waals surface area contributed by atoms with Crippen molar-refractivity contribution in [2.24, 2.45) is 0 Å². The first kappa shape index (κ1) is 19.6. The lowest BCUT2D eigenvalue weighted by Gasteiger charge is -2.33. The van der Waals surface area contributed by atoms with Crippen LogP contribution in [0.3, 0.4) is 0 Å². The molecule has 0 saturated carbocycles. The topological polar surface area (TPSA) is 41.6 Å². The van der Waals surface area contributed by atoms with Gasteiger partial charge in [0.2, 0.25) is 5.91 Å². The van der Waals surface area contributed by atoms with Crippen molar-refractivity contribution in [2.75, 3.05) is 26.8 Å². The molecule has 1 fully saturated rings. The van der Waals surface area contributed by atoms with Gasteiger partial charge in [-0.3, -0.25) is 9.69 Å². The van der Waals surface area contributed by atoms with Crippen LogP contribution in [-0.2, 0) is 16.1 Å². The van der Waals surface area contributed by atoms with Gasteiger partial charge in [-0.05, 0) is 49.9 Å². The number of nitrogens with zero attached hydrogens (tertiary/aromatic N) is 1. The summed E-state index contributed by atoms with van der Waals surface area (Å²) in [5.74, 6) is -0.0258. The number of benzene rings is 2. The highest BCUT2D eigenvalue weighted by molar-refractivity contribution is 5.77. The van der Waals surface area contributed by atoms with Crippen LogP contribution in [0.15, 0.2) is 42.5 Å². The molecule has 0 radical (unpaired) electrons. The molecule has 1 aliphatic rings. The van der Waals surface area contributed by atoms with Crippen LogP contribution in [0.25, 0.3) is 11.1 Å². The zero-order valence-corrected chi connectivity index (χ0v) is 16.6. The highest BCUT2D eigenvalue weighted by atomic mass is 16.5. The van der Waals surface area contributed by atoms with E-state index in [2.05, 4.69) is 66.5 Å². The fourth-order valence-corrected chi connectivity index (χ4v) is 3.92. The predicted molar refractivity (Wildman–Crippen MR) is 110 cm³/mol. The second kappa shape index (κ2) is 9.16. The van der Waals surface area contributed by atoms with E-state index >= 15 is 0 Å². The lowest BCUT2D eigenvalue weighted by atomic mass is 9.99. The maximum Gasteiger partial charge on any atom is 0.246 e. The Bertz CT molecular complexity index is 750. The Morgan fingerprint density at radius 1 is 1.11 bits per heavy atom. The van der Waals surface area contributed by atoms with Gasteiger partial charge < -0.3 is 10.1 Å². The number of methoxy groups -OCH3 is 1. The third-order valence-corrected chi connectivity index (χ3v) is 5.06. The molecule has 1 saturated heterocycles. The summed E-state index contributed by atoms with van der Waals surface area (Å²) in [7, 11) is 1.55. The Morgan fingerprint density at radius 2 is 1.81 bits per heavy atom. The minimum Gasteiger partial charge on any atom is -0.375 e. The van der Waals surface area contributed by atoms with Crippen molar-refractivity contribution >= 4 is 5.91 Å². The van der Waals surface area contributed by atoms with Gasteiger partial charge in [-0.1, -0.05) is 53.6 Å². The minimum absolute atomic E-state index is 0.0258. The largest absolute Gasteiger partial charge is 0.375 e. The number of carbonyl (C=O) groups is 1. The van der Waals surface area contributed by atoms with E-state index in [1.807, 2.05) is 0 Å². The van der Waals surface area contributed by atoms with Gasteiger partial charge in [-0.25, -0.2) is 0 Å². The van der Waals surface area contributed by atoms with Crippen LogP contribution >= 0.6 is 0 Å². The summed E-state index contributed by atoms with van der Waals surface area (Å²) in [6.07, 6.45) is 2.15. The number of rotatable bonds is 6. The van der Waals surface area contributed by atoms with Crippen LogP contribution in [0.1, 0.15) is 29.5 Å². The molecule has 0 bridgehead atoms. The number of amides is 1. The average Bonchev–Trinajstić information content (AvgIpc) is 2.62. The number of nitrogens with one attached hydrogen (secondary N) is 1. The van der Waals surface area contributed by atoms with E-state index in [1.165, 1.54) is 27.8 Å². The van der Waals surface area contributed by atoms with E-state index < -0.39 is 0 Å².